The molecule has 1 aromatic heterocycles. The van der Waals surface area contributed by atoms with Crippen LogP contribution in [-0.4, -0.2) is 10.2 Å². The molecule has 1 aromatic rings. The van der Waals surface area contributed by atoms with Crippen LogP contribution in [0.5, 0.6) is 0 Å². The molecule has 1 heterocycles. The van der Waals surface area contributed by atoms with Crippen molar-refractivity contribution in [3.8, 4) is 0 Å². The summed E-state index contributed by atoms with van der Waals surface area (Å²) in [6.07, 6.45) is 8.73. The number of rotatable bonds is 2. The van der Waals surface area contributed by atoms with Gasteiger partial charge in [0.2, 0.25) is 0 Å². The van der Waals surface area contributed by atoms with Gasteiger partial charge in [0, 0.05) is 15.9 Å². The molecule has 0 aliphatic heterocycles. The van der Waals surface area contributed by atoms with Crippen LogP contribution in [0.4, 0.5) is 0 Å². The number of thioether (sulfide) groups is 1. The van der Waals surface area contributed by atoms with Crippen molar-refractivity contribution in [3.05, 3.63) is 21.2 Å². The van der Waals surface area contributed by atoms with Crippen LogP contribution in [0.25, 0.3) is 0 Å². The third-order valence-electron chi connectivity index (χ3n) is 2.60. The van der Waals surface area contributed by atoms with E-state index in [1.807, 2.05) is 18.0 Å². The summed E-state index contributed by atoms with van der Waals surface area (Å²) in [4.78, 5) is 4.44. The number of halogens is 2. The first kappa shape index (κ1) is 11.9. The largest absolute Gasteiger partial charge is 0.248 e. The predicted molar refractivity (Wildman–Crippen MR) is 72.4 cm³/mol. The Hall–Kier alpha value is 0.460. The summed E-state index contributed by atoms with van der Waals surface area (Å²) >= 11 is 8.90. The SMILES string of the molecule is Brc1cnc(SC2CCCCC2)c(Br)c1. The lowest BCUT2D eigenvalue weighted by atomic mass is 10.0. The fourth-order valence-electron chi connectivity index (χ4n) is 1.83. The van der Waals surface area contributed by atoms with Crippen LogP contribution in [-0.2, 0) is 0 Å². The van der Waals surface area contributed by atoms with Gasteiger partial charge in [0.15, 0.2) is 0 Å². The molecule has 0 bridgehead atoms. The maximum absolute atomic E-state index is 4.44. The van der Waals surface area contributed by atoms with Gasteiger partial charge in [0.05, 0.1) is 4.47 Å². The molecule has 1 aliphatic rings. The van der Waals surface area contributed by atoms with Crippen LogP contribution in [0, 0.1) is 0 Å². The van der Waals surface area contributed by atoms with Crippen LogP contribution < -0.4 is 0 Å². The van der Waals surface area contributed by atoms with Gasteiger partial charge in [-0.1, -0.05) is 19.3 Å². The third-order valence-corrected chi connectivity index (χ3v) is 5.26. The molecule has 0 atom stereocenters. The van der Waals surface area contributed by atoms with Gasteiger partial charge in [-0.3, -0.25) is 0 Å². The molecule has 0 N–H and O–H groups in total. The Morgan fingerprint density at radius 1 is 1.20 bits per heavy atom. The molecule has 1 nitrogen and oxygen atoms in total. The van der Waals surface area contributed by atoms with Gasteiger partial charge in [-0.15, -0.1) is 11.8 Å². The second-order valence-corrected chi connectivity index (χ2v) is 6.88. The number of hydrogen-bond acceptors (Lipinski definition) is 2. The molecule has 1 saturated carbocycles. The Kier molecular flexibility index (Phi) is 4.52. The first-order chi connectivity index (χ1) is 7.25. The number of nitrogens with zero attached hydrogens (tertiary/aromatic N) is 1. The Morgan fingerprint density at radius 2 is 1.93 bits per heavy atom. The standard InChI is InChI=1S/C11H13Br2NS/c12-8-6-10(13)11(14-7-8)15-9-4-2-1-3-5-9/h6-7,9H,1-5H2. The lowest BCUT2D eigenvalue weighted by Crippen LogP contribution is -2.08. The third kappa shape index (κ3) is 3.46. The molecule has 82 valence electrons. The molecule has 1 aliphatic carbocycles. The van der Waals surface area contributed by atoms with E-state index in [4.69, 9.17) is 0 Å². The highest BCUT2D eigenvalue weighted by atomic mass is 79.9. The summed E-state index contributed by atoms with van der Waals surface area (Å²) in [5.41, 5.74) is 0. The van der Waals surface area contributed by atoms with E-state index in [9.17, 15) is 0 Å². The van der Waals surface area contributed by atoms with Crippen molar-refractivity contribution < 1.29 is 0 Å². The molecule has 1 fully saturated rings. The van der Waals surface area contributed by atoms with Crippen molar-refractivity contribution in [2.24, 2.45) is 0 Å². The molecule has 0 saturated heterocycles. The van der Waals surface area contributed by atoms with E-state index in [2.05, 4.69) is 42.9 Å². The molecular formula is C11H13Br2NS. The summed E-state index contributed by atoms with van der Waals surface area (Å²) in [6, 6.07) is 2.07. The van der Waals surface area contributed by atoms with Crippen molar-refractivity contribution in [2.75, 3.05) is 0 Å². The summed E-state index contributed by atoms with van der Waals surface area (Å²) in [6.45, 7) is 0. The molecular weight excluding hydrogens is 338 g/mol. The molecule has 0 unspecified atom stereocenters. The van der Waals surface area contributed by atoms with Crippen molar-refractivity contribution >= 4 is 43.6 Å². The van der Waals surface area contributed by atoms with Crippen molar-refractivity contribution in [3.63, 3.8) is 0 Å². The van der Waals surface area contributed by atoms with Crippen molar-refractivity contribution in [2.45, 2.75) is 42.4 Å². The molecule has 2 rings (SSSR count). The minimum absolute atomic E-state index is 0.767. The van der Waals surface area contributed by atoms with Crippen molar-refractivity contribution in [1.29, 1.82) is 0 Å². The summed E-state index contributed by atoms with van der Waals surface area (Å²) in [5, 5.41) is 1.90. The first-order valence-corrected chi connectivity index (χ1v) is 7.70. The van der Waals surface area contributed by atoms with Crippen LogP contribution in [0.1, 0.15) is 32.1 Å². The lowest BCUT2D eigenvalue weighted by molar-refractivity contribution is 0.515. The zero-order valence-electron chi connectivity index (χ0n) is 8.38. The highest BCUT2D eigenvalue weighted by molar-refractivity contribution is 9.11. The van der Waals surface area contributed by atoms with E-state index in [1.165, 1.54) is 32.1 Å². The van der Waals surface area contributed by atoms with Gasteiger partial charge in [0.1, 0.15) is 5.03 Å². The summed E-state index contributed by atoms with van der Waals surface area (Å²) in [7, 11) is 0. The lowest BCUT2D eigenvalue weighted by Gasteiger charge is -2.20. The summed E-state index contributed by atoms with van der Waals surface area (Å²) < 4.78 is 2.13. The van der Waals surface area contributed by atoms with Gasteiger partial charge in [-0.05, 0) is 50.8 Å². The number of hydrogen-bond donors (Lipinski definition) is 0. The molecule has 0 aromatic carbocycles. The average Bonchev–Trinajstić information content (AvgIpc) is 2.24. The normalized spacial score (nSPS) is 18.0. The van der Waals surface area contributed by atoms with Crippen molar-refractivity contribution in [1.82, 2.24) is 4.98 Å². The second kappa shape index (κ2) is 5.69. The van der Waals surface area contributed by atoms with Gasteiger partial charge < -0.3 is 0 Å². The molecule has 0 radical (unpaired) electrons. The Labute approximate surface area is 112 Å². The number of pyridine rings is 1. The Balaban J connectivity index is 2.03. The quantitative estimate of drug-likeness (QED) is 0.741. The zero-order chi connectivity index (χ0) is 10.7. The van der Waals surface area contributed by atoms with Crippen LogP contribution in [0.15, 0.2) is 26.2 Å². The molecule has 0 spiro atoms. The minimum atomic E-state index is 0.767. The second-order valence-electron chi connectivity index (χ2n) is 3.82. The fraction of sp³-hybridized carbons (Fsp3) is 0.545. The van der Waals surface area contributed by atoms with E-state index in [1.54, 1.807) is 0 Å². The smallest absolute Gasteiger partial charge is 0.111 e. The zero-order valence-corrected chi connectivity index (χ0v) is 12.4. The number of aromatic nitrogens is 1. The van der Waals surface area contributed by atoms with Crippen LogP contribution in [0.3, 0.4) is 0 Å². The van der Waals surface area contributed by atoms with E-state index >= 15 is 0 Å². The van der Waals surface area contributed by atoms with Crippen LogP contribution >= 0.6 is 43.6 Å². The van der Waals surface area contributed by atoms with E-state index in [-0.39, 0.29) is 0 Å². The monoisotopic (exact) mass is 349 g/mol. The maximum Gasteiger partial charge on any atom is 0.111 e. The van der Waals surface area contributed by atoms with E-state index in [0.29, 0.717) is 0 Å². The van der Waals surface area contributed by atoms with Crippen LogP contribution in [0.2, 0.25) is 0 Å². The van der Waals surface area contributed by atoms with Gasteiger partial charge in [0.25, 0.3) is 0 Å². The summed E-state index contributed by atoms with van der Waals surface area (Å²) in [5.74, 6) is 0. The molecule has 0 amide bonds. The van der Waals surface area contributed by atoms with E-state index < -0.39 is 0 Å². The fourth-order valence-corrected chi connectivity index (χ4v) is 4.27. The molecule has 4 heteroatoms. The minimum Gasteiger partial charge on any atom is -0.248 e. The van der Waals surface area contributed by atoms with Gasteiger partial charge in [-0.2, -0.15) is 0 Å². The Morgan fingerprint density at radius 3 is 2.60 bits per heavy atom. The average molecular weight is 351 g/mol. The maximum atomic E-state index is 4.44. The molecule has 15 heavy (non-hydrogen) atoms. The highest BCUT2D eigenvalue weighted by Crippen LogP contribution is 2.36. The highest BCUT2D eigenvalue weighted by Gasteiger charge is 2.16. The van der Waals surface area contributed by atoms with Gasteiger partial charge >= 0.3 is 0 Å². The van der Waals surface area contributed by atoms with Gasteiger partial charge in [-0.25, -0.2) is 4.98 Å². The predicted octanol–water partition coefficient (Wildman–Crippen LogP) is 5.03. The topological polar surface area (TPSA) is 12.9 Å². The first-order valence-electron chi connectivity index (χ1n) is 5.23. The van der Waals surface area contributed by atoms with E-state index in [0.717, 1.165) is 19.2 Å². The Bertz CT molecular complexity index is 337.